The van der Waals surface area contributed by atoms with Crippen molar-refractivity contribution in [2.75, 3.05) is 32.7 Å². The summed E-state index contributed by atoms with van der Waals surface area (Å²) in [5.41, 5.74) is 2.52. The summed E-state index contributed by atoms with van der Waals surface area (Å²) in [6.45, 7) is 9.32. The molecule has 1 aliphatic rings. The number of rotatable bonds is 2. The first kappa shape index (κ1) is 19.2. The van der Waals surface area contributed by atoms with Crippen LogP contribution in [0, 0.1) is 5.41 Å². The lowest BCUT2D eigenvalue weighted by Gasteiger charge is -2.25. The quantitative estimate of drug-likeness (QED) is 0.882. The maximum absolute atomic E-state index is 12.9. The summed E-state index contributed by atoms with van der Waals surface area (Å²) in [4.78, 5) is 33.3. The number of imidazole rings is 1. The fourth-order valence-corrected chi connectivity index (χ4v) is 3.23. The van der Waals surface area contributed by atoms with Crippen molar-refractivity contribution in [3.8, 4) is 0 Å². The molecular weight excluding hydrogens is 342 g/mol. The number of hydrogen-bond acceptors (Lipinski definition) is 3. The van der Waals surface area contributed by atoms with Crippen LogP contribution in [-0.2, 0) is 7.05 Å². The van der Waals surface area contributed by atoms with Crippen LogP contribution >= 0.6 is 0 Å². The number of nitrogens with one attached hydrogen (secondary N) is 1. The van der Waals surface area contributed by atoms with E-state index < -0.39 is 0 Å². The Kier molecular flexibility index (Phi) is 5.39. The lowest BCUT2D eigenvalue weighted by molar-refractivity contribution is 0.0762. The summed E-state index contributed by atoms with van der Waals surface area (Å²) < 4.78 is 1.93. The Balaban J connectivity index is 1.62. The molecule has 0 bridgehead atoms. The number of aromatic nitrogens is 2. The Hall–Kier alpha value is -2.57. The van der Waals surface area contributed by atoms with E-state index in [0.29, 0.717) is 38.3 Å². The minimum atomic E-state index is -0.0471. The summed E-state index contributed by atoms with van der Waals surface area (Å²) in [6, 6.07) is 5.58. The van der Waals surface area contributed by atoms with Crippen molar-refractivity contribution in [3.63, 3.8) is 0 Å². The zero-order valence-corrected chi connectivity index (χ0v) is 16.7. The molecule has 7 heteroatoms. The number of amides is 3. The Morgan fingerprint density at radius 1 is 1.11 bits per heavy atom. The first-order valence-corrected chi connectivity index (χ1v) is 9.48. The van der Waals surface area contributed by atoms with Crippen LogP contribution in [0.1, 0.15) is 37.6 Å². The predicted octanol–water partition coefficient (Wildman–Crippen LogP) is 2.48. The number of carbonyl (C=O) groups is 2. The molecule has 1 aliphatic heterocycles. The van der Waals surface area contributed by atoms with E-state index in [1.807, 2.05) is 34.7 Å². The van der Waals surface area contributed by atoms with Crippen LogP contribution in [0.25, 0.3) is 11.0 Å². The summed E-state index contributed by atoms with van der Waals surface area (Å²) in [5, 5.41) is 2.99. The molecule has 0 unspecified atom stereocenters. The van der Waals surface area contributed by atoms with Gasteiger partial charge in [-0.1, -0.05) is 20.8 Å². The number of urea groups is 1. The molecule has 1 N–H and O–H groups in total. The molecule has 0 spiro atoms. The average Bonchev–Trinajstić information content (AvgIpc) is 2.83. The molecule has 1 fully saturated rings. The van der Waals surface area contributed by atoms with E-state index in [-0.39, 0.29) is 17.4 Å². The molecule has 0 atom stereocenters. The Morgan fingerprint density at radius 2 is 1.81 bits per heavy atom. The van der Waals surface area contributed by atoms with E-state index in [1.165, 1.54) is 0 Å². The monoisotopic (exact) mass is 371 g/mol. The van der Waals surface area contributed by atoms with Crippen LogP contribution in [0.15, 0.2) is 24.5 Å². The van der Waals surface area contributed by atoms with Crippen molar-refractivity contribution in [1.29, 1.82) is 0 Å². The van der Waals surface area contributed by atoms with Gasteiger partial charge in [0.2, 0.25) is 0 Å². The number of aryl methyl sites for hydroxylation is 1. The lowest BCUT2D eigenvalue weighted by atomic mass is 9.97. The van der Waals surface area contributed by atoms with Gasteiger partial charge in [-0.3, -0.25) is 4.79 Å². The van der Waals surface area contributed by atoms with Crippen LogP contribution in [0.5, 0.6) is 0 Å². The highest BCUT2D eigenvalue weighted by Gasteiger charge is 2.24. The molecule has 3 rings (SSSR count). The van der Waals surface area contributed by atoms with Crippen molar-refractivity contribution >= 4 is 23.0 Å². The fourth-order valence-electron chi connectivity index (χ4n) is 3.23. The number of carbonyl (C=O) groups excluding carboxylic acids is 2. The van der Waals surface area contributed by atoms with Gasteiger partial charge in [0.1, 0.15) is 0 Å². The molecule has 3 amide bonds. The van der Waals surface area contributed by atoms with Gasteiger partial charge in [0.15, 0.2) is 0 Å². The van der Waals surface area contributed by atoms with E-state index >= 15 is 0 Å². The molecule has 0 saturated carbocycles. The summed E-state index contributed by atoms with van der Waals surface area (Å²) in [5.74, 6) is -0.000460. The molecule has 7 nitrogen and oxygen atoms in total. The Bertz CT molecular complexity index is 836. The van der Waals surface area contributed by atoms with Gasteiger partial charge in [0, 0.05) is 45.3 Å². The molecule has 2 heterocycles. The highest BCUT2D eigenvalue weighted by Crippen LogP contribution is 2.17. The Labute approximate surface area is 160 Å². The van der Waals surface area contributed by atoms with Crippen LogP contribution in [0.4, 0.5) is 4.79 Å². The normalized spacial score (nSPS) is 15.7. The third-order valence-corrected chi connectivity index (χ3v) is 4.81. The second-order valence-corrected chi connectivity index (χ2v) is 8.41. The van der Waals surface area contributed by atoms with Crippen LogP contribution in [0.2, 0.25) is 0 Å². The van der Waals surface area contributed by atoms with Crippen molar-refractivity contribution in [2.24, 2.45) is 12.5 Å². The fraction of sp³-hybridized carbons (Fsp3) is 0.550. The third-order valence-electron chi connectivity index (χ3n) is 4.81. The molecule has 1 aromatic carbocycles. The smallest absolute Gasteiger partial charge is 0.317 e. The van der Waals surface area contributed by atoms with Gasteiger partial charge in [-0.15, -0.1) is 0 Å². The second-order valence-electron chi connectivity index (χ2n) is 8.41. The standard InChI is InChI=1S/C20H29N5O2/c1-20(2,3)13-21-19(27)25-9-5-8-24(10-11-25)18(26)15-6-7-17-16(12-15)22-14-23(17)4/h6-7,12,14H,5,8-11,13H2,1-4H3,(H,21,27). The summed E-state index contributed by atoms with van der Waals surface area (Å²) in [7, 11) is 1.94. The van der Waals surface area contributed by atoms with Gasteiger partial charge in [-0.25, -0.2) is 9.78 Å². The molecule has 0 aliphatic carbocycles. The van der Waals surface area contributed by atoms with Crippen LogP contribution < -0.4 is 5.32 Å². The van der Waals surface area contributed by atoms with Gasteiger partial charge in [0.25, 0.3) is 5.91 Å². The maximum Gasteiger partial charge on any atom is 0.317 e. The Morgan fingerprint density at radius 3 is 2.56 bits per heavy atom. The van der Waals surface area contributed by atoms with E-state index in [4.69, 9.17) is 0 Å². The van der Waals surface area contributed by atoms with Gasteiger partial charge in [0.05, 0.1) is 17.4 Å². The SMILES string of the molecule is Cn1cnc2cc(C(=O)N3CCCN(C(=O)NCC(C)(C)C)CC3)ccc21. The minimum Gasteiger partial charge on any atom is -0.337 e. The largest absolute Gasteiger partial charge is 0.337 e. The second kappa shape index (κ2) is 7.58. The van der Waals surface area contributed by atoms with E-state index in [0.717, 1.165) is 17.5 Å². The van der Waals surface area contributed by atoms with E-state index in [9.17, 15) is 9.59 Å². The number of hydrogen-bond donors (Lipinski definition) is 1. The zero-order chi connectivity index (χ0) is 19.6. The first-order valence-electron chi connectivity index (χ1n) is 9.48. The van der Waals surface area contributed by atoms with E-state index in [1.54, 1.807) is 11.2 Å². The molecule has 1 aromatic heterocycles. The van der Waals surface area contributed by atoms with Crippen molar-refractivity contribution in [1.82, 2.24) is 24.7 Å². The van der Waals surface area contributed by atoms with Crippen LogP contribution in [-0.4, -0.2) is 64.0 Å². The highest BCUT2D eigenvalue weighted by molar-refractivity contribution is 5.97. The zero-order valence-electron chi connectivity index (χ0n) is 16.7. The van der Waals surface area contributed by atoms with Crippen molar-refractivity contribution in [3.05, 3.63) is 30.1 Å². The van der Waals surface area contributed by atoms with Gasteiger partial charge in [-0.2, -0.15) is 0 Å². The average molecular weight is 371 g/mol. The minimum absolute atomic E-state index is 0.000460. The topological polar surface area (TPSA) is 70.5 Å². The molecule has 1 saturated heterocycles. The molecular formula is C20H29N5O2. The maximum atomic E-state index is 12.9. The predicted molar refractivity (Wildman–Crippen MR) is 106 cm³/mol. The highest BCUT2D eigenvalue weighted by atomic mass is 16.2. The van der Waals surface area contributed by atoms with Gasteiger partial charge >= 0.3 is 6.03 Å². The summed E-state index contributed by atoms with van der Waals surface area (Å²) in [6.07, 6.45) is 2.53. The molecule has 146 valence electrons. The number of fused-ring (bicyclic) bond motifs is 1. The molecule has 27 heavy (non-hydrogen) atoms. The summed E-state index contributed by atoms with van der Waals surface area (Å²) >= 11 is 0. The van der Waals surface area contributed by atoms with Gasteiger partial charge < -0.3 is 19.7 Å². The number of nitrogens with zero attached hydrogens (tertiary/aromatic N) is 4. The third kappa shape index (κ3) is 4.59. The van der Waals surface area contributed by atoms with E-state index in [2.05, 4.69) is 31.1 Å². The number of benzene rings is 1. The molecule has 0 radical (unpaired) electrons. The molecule has 2 aromatic rings. The van der Waals surface area contributed by atoms with Gasteiger partial charge in [-0.05, 0) is 30.0 Å². The van der Waals surface area contributed by atoms with Crippen LogP contribution in [0.3, 0.4) is 0 Å². The first-order chi connectivity index (χ1) is 12.7. The lowest BCUT2D eigenvalue weighted by Crippen LogP contribution is -2.44. The van der Waals surface area contributed by atoms with Crippen molar-refractivity contribution < 1.29 is 9.59 Å². The van der Waals surface area contributed by atoms with Crippen molar-refractivity contribution in [2.45, 2.75) is 27.2 Å².